The minimum absolute atomic E-state index is 0.0288. The number of halogens is 3. The van der Waals surface area contributed by atoms with Crippen LogP contribution < -0.4 is 4.74 Å². The molecule has 178 valence electrons. The quantitative estimate of drug-likeness (QED) is 0.418. The Balaban J connectivity index is 1.55. The molecule has 2 aromatic rings. The number of methoxy groups -OCH3 is 2. The molecule has 33 heavy (non-hydrogen) atoms. The van der Waals surface area contributed by atoms with Gasteiger partial charge in [-0.1, -0.05) is 23.2 Å². The number of likely N-dealkylation sites (tertiary alicyclic amines) is 1. The zero-order chi connectivity index (χ0) is 23.5. The van der Waals surface area contributed by atoms with E-state index in [-0.39, 0.29) is 23.6 Å². The first-order chi connectivity index (χ1) is 15.9. The van der Waals surface area contributed by atoms with Gasteiger partial charge in [-0.15, -0.1) is 0 Å². The molecular weight excluding hydrogens is 468 g/mol. The van der Waals surface area contributed by atoms with Gasteiger partial charge in [0, 0.05) is 29.3 Å². The number of carbonyl (C=O) groups is 1. The number of ether oxygens (including phenoxy) is 3. The Bertz CT molecular complexity index is 994. The zero-order valence-corrected chi connectivity index (χ0v) is 20.3. The second-order valence-electron chi connectivity index (χ2n) is 8.66. The number of nitrogens with zero attached hydrogens (tertiary/aromatic N) is 1. The van der Waals surface area contributed by atoms with Crippen LogP contribution in [0.5, 0.6) is 5.75 Å². The van der Waals surface area contributed by atoms with Gasteiger partial charge in [-0.05, 0) is 74.0 Å². The van der Waals surface area contributed by atoms with E-state index in [0.717, 1.165) is 37.8 Å². The minimum Gasteiger partial charge on any atom is -0.489 e. The molecular formula is C25H28Cl2FNO4. The van der Waals surface area contributed by atoms with Gasteiger partial charge in [-0.25, -0.2) is 9.18 Å². The fourth-order valence-electron chi connectivity index (χ4n) is 4.56. The molecule has 1 saturated heterocycles. The maximum absolute atomic E-state index is 15.2. The van der Waals surface area contributed by atoms with Gasteiger partial charge in [-0.2, -0.15) is 0 Å². The third-order valence-corrected chi connectivity index (χ3v) is 6.71. The lowest BCUT2D eigenvalue weighted by Gasteiger charge is -2.38. The van der Waals surface area contributed by atoms with Gasteiger partial charge in [0.1, 0.15) is 17.7 Å². The van der Waals surface area contributed by atoms with Crippen molar-refractivity contribution >= 4 is 29.2 Å². The highest BCUT2D eigenvalue weighted by Crippen LogP contribution is 2.47. The second-order valence-corrected chi connectivity index (χ2v) is 9.53. The van der Waals surface area contributed by atoms with Crippen molar-refractivity contribution in [1.29, 1.82) is 0 Å². The van der Waals surface area contributed by atoms with E-state index in [4.69, 9.17) is 37.4 Å². The number of benzene rings is 2. The maximum Gasteiger partial charge on any atom is 0.340 e. The molecule has 1 saturated carbocycles. The summed E-state index contributed by atoms with van der Waals surface area (Å²) in [5.41, 5.74) is 1.43. The van der Waals surface area contributed by atoms with Crippen molar-refractivity contribution < 1.29 is 23.4 Å². The summed E-state index contributed by atoms with van der Waals surface area (Å²) in [5.74, 6) is -0.601. The Morgan fingerprint density at radius 2 is 1.88 bits per heavy atom. The normalized spacial score (nSPS) is 19.8. The third kappa shape index (κ3) is 5.62. The maximum atomic E-state index is 15.2. The Labute approximate surface area is 203 Å². The molecule has 0 aromatic heterocycles. The van der Waals surface area contributed by atoms with Crippen molar-refractivity contribution in [1.82, 2.24) is 4.90 Å². The average Bonchev–Trinajstić information content (AvgIpc) is 3.62. The van der Waals surface area contributed by atoms with Gasteiger partial charge in [0.15, 0.2) is 0 Å². The van der Waals surface area contributed by atoms with Crippen LogP contribution in [0.3, 0.4) is 0 Å². The van der Waals surface area contributed by atoms with Gasteiger partial charge in [0.05, 0.1) is 25.3 Å². The predicted octanol–water partition coefficient (Wildman–Crippen LogP) is 6.03. The molecule has 0 amide bonds. The number of rotatable bonds is 8. The zero-order valence-electron chi connectivity index (χ0n) is 18.8. The molecule has 0 bridgehead atoms. The van der Waals surface area contributed by atoms with Crippen molar-refractivity contribution in [3.8, 4) is 5.75 Å². The van der Waals surface area contributed by atoms with Crippen LogP contribution in [0.4, 0.5) is 4.39 Å². The van der Waals surface area contributed by atoms with E-state index >= 15 is 4.39 Å². The molecule has 0 radical (unpaired) electrons. The van der Waals surface area contributed by atoms with E-state index in [0.29, 0.717) is 34.5 Å². The average molecular weight is 496 g/mol. The highest BCUT2D eigenvalue weighted by atomic mass is 35.5. The van der Waals surface area contributed by atoms with Crippen LogP contribution >= 0.6 is 23.2 Å². The summed E-state index contributed by atoms with van der Waals surface area (Å²) in [5, 5.41) is 1.16. The highest BCUT2D eigenvalue weighted by Gasteiger charge is 2.34. The van der Waals surface area contributed by atoms with E-state index in [1.807, 2.05) is 12.1 Å². The van der Waals surface area contributed by atoms with E-state index < -0.39 is 11.8 Å². The number of esters is 1. The Morgan fingerprint density at radius 1 is 1.15 bits per heavy atom. The van der Waals surface area contributed by atoms with Crippen LogP contribution in [0.1, 0.15) is 59.1 Å². The molecule has 1 aliphatic carbocycles. The second kappa shape index (κ2) is 10.6. The standard InChI is InChI=1S/C25H28Cl2FNO4/c1-31-14-21(16-10-17(26)12-18(27)11-16)29-9-3-4-19(13-29)33-22-8-7-20(25(30)32-2)24(28)23(22)15-5-6-15/h7-8,10-12,15,19,21H,3-6,9,13-14H2,1-2H3/t19-,21+/m1/s1. The molecule has 0 unspecified atom stereocenters. The van der Waals surface area contributed by atoms with Gasteiger partial charge in [-0.3, -0.25) is 4.90 Å². The molecule has 1 heterocycles. The number of carbonyl (C=O) groups excluding carboxylic acids is 1. The number of piperidine rings is 1. The molecule has 2 aromatic carbocycles. The smallest absolute Gasteiger partial charge is 0.340 e. The van der Waals surface area contributed by atoms with E-state index in [2.05, 4.69) is 4.90 Å². The predicted molar refractivity (Wildman–Crippen MR) is 126 cm³/mol. The van der Waals surface area contributed by atoms with Crippen molar-refractivity contribution in [2.24, 2.45) is 0 Å². The molecule has 2 fully saturated rings. The van der Waals surface area contributed by atoms with Crippen molar-refractivity contribution in [2.75, 3.05) is 33.9 Å². The van der Waals surface area contributed by atoms with Crippen molar-refractivity contribution in [3.63, 3.8) is 0 Å². The summed E-state index contributed by atoms with van der Waals surface area (Å²) in [6, 6.07) is 8.65. The molecule has 2 aliphatic rings. The van der Waals surface area contributed by atoms with Crippen molar-refractivity contribution in [3.05, 3.63) is 62.9 Å². The molecule has 0 spiro atoms. The van der Waals surface area contributed by atoms with Gasteiger partial charge >= 0.3 is 5.97 Å². The summed E-state index contributed by atoms with van der Waals surface area (Å²) in [4.78, 5) is 14.3. The molecule has 5 nitrogen and oxygen atoms in total. The monoisotopic (exact) mass is 495 g/mol. The van der Waals surface area contributed by atoms with E-state index in [1.54, 1.807) is 19.2 Å². The van der Waals surface area contributed by atoms with Crippen LogP contribution in [0, 0.1) is 5.82 Å². The largest absolute Gasteiger partial charge is 0.489 e. The first-order valence-corrected chi connectivity index (χ1v) is 11.9. The van der Waals surface area contributed by atoms with Crippen LogP contribution in [0.15, 0.2) is 30.3 Å². The van der Waals surface area contributed by atoms with Gasteiger partial charge < -0.3 is 14.2 Å². The summed E-state index contributed by atoms with van der Waals surface area (Å²) in [6.45, 7) is 2.02. The fraction of sp³-hybridized carbons (Fsp3) is 0.480. The summed E-state index contributed by atoms with van der Waals surface area (Å²) in [7, 11) is 2.92. The Kier molecular flexibility index (Phi) is 7.80. The third-order valence-electron chi connectivity index (χ3n) is 6.27. The lowest BCUT2D eigenvalue weighted by molar-refractivity contribution is 0.0283. The van der Waals surface area contributed by atoms with Crippen LogP contribution in [-0.4, -0.2) is 50.9 Å². The molecule has 2 atom stereocenters. The van der Waals surface area contributed by atoms with Crippen LogP contribution in [0.2, 0.25) is 10.0 Å². The Morgan fingerprint density at radius 3 is 2.52 bits per heavy atom. The first-order valence-electron chi connectivity index (χ1n) is 11.2. The fourth-order valence-corrected chi connectivity index (χ4v) is 5.10. The topological polar surface area (TPSA) is 48.0 Å². The summed E-state index contributed by atoms with van der Waals surface area (Å²) >= 11 is 12.5. The lowest BCUT2D eigenvalue weighted by Crippen LogP contribution is -2.44. The lowest BCUT2D eigenvalue weighted by atomic mass is 10.00. The van der Waals surface area contributed by atoms with Crippen molar-refractivity contribution in [2.45, 2.75) is 43.7 Å². The number of hydrogen-bond donors (Lipinski definition) is 0. The summed E-state index contributed by atoms with van der Waals surface area (Å²) in [6.07, 6.45) is 3.45. The van der Waals surface area contributed by atoms with Crippen LogP contribution in [-0.2, 0) is 9.47 Å². The summed E-state index contributed by atoms with van der Waals surface area (Å²) < 4.78 is 31.8. The Hall–Kier alpha value is -1.86. The first kappa shape index (κ1) is 24.3. The van der Waals surface area contributed by atoms with Gasteiger partial charge in [0.2, 0.25) is 0 Å². The SMILES string of the molecule is COC[C@@H](c1cc(Cl)cc(Cl)c1)N1CCC[C@@H](Oc2ccc(C(=O)OC)c(F)c2C2CC2)C1. The molecule has 0 N–H and O–H groups in total. The molecule has 1 aliphatic heterocycles. The van der Waals surface area contributed by atoms with Crippen LogP contribution in [0.25, 0.3) is 0 Å². The number of hydrogen-bond acceptors (Lipinski definition) is 5. The molecule has 8 heteroatoms. The van der Waals surface area contributed by atoms with E-state index in [9.17, 15) is 4.79 Å². The highest BCUT2D eigenvalue weighted by molar-refractivity contribution is 6.34. The van der Waals surface area contributed by atoms with E-state index in [1.165, 1.54) is 13.2 Å². The van der Waals surface area contributed by atoms with Gasteiger partial charge in [0.25, 0.3) is 0 Å². The minimum atomic E-state index is -0.674. The molecule has 4 rings (SSSR count).